The number of nitrogens with zero attached hydrogens (tertiary/aromatic N) is 6. The van der Waals surface area contributed by atoms with Gasteiger partial charge in [-0.15, -0.1) is 24.4 Å². The number of hydrogen-bond donors (Lipinski definition) is 13. The summed E-state index contributed by atoms with van der Waals surface area (Å²) in [6, 6.07) is 24.0. The molecule has 8 aromatic rings. The third-order valence-corrected chi connectivity index (χ3v) is 15.6. The van der Waals surface area contributed by atoms with E-state index in [0.29, 0.717) is 38.5 Å². The Morgan fingerprint density at radius 1 is 0.425 bits per heavy atom. The van der Waals surface area contributed by atoms with Gasteiger partial charge in [0.25, 0.3) is 6.47 Å². The SMILES string of the molecule is C.C.C#C.CCCCC(Cl)C(=O)O.CCCCC(Oc1ccc(-c2nc(-c3ccc(OC(CCCC)C(=O)O)cc3O)nc(-c3ccc(OC(CCCC)C(=O)O)cc3OC(CCCC)C(=O)O)n2)c(O)c1)C(=O)O.O=CO[O-].Oc1ccc(-c2nc(-c3ccc(O)cc3O)nc(-c3ccc(O)cc3O)n2)c(O)c1.[2H]CF.[H-].[K+].[K+]. The summed E-state index contributed by atoms with van der Waals surface area (Å²) < 4.78 is 38.9. The van der Waals surface area contributed by atoms with Gasteiger partial charge in [0.15, 0.2) is 59.4 Å². The number of aromatic hydroxyl groups is 8. The van der Waals surface area contributed by atoms with Gasteiger partial charge in [0.1, 0.15) is 74.4 Å². The van der Waals surface area contributed by atoms with E-state index in [1.807, 2.05) is 34.6 Å². The molecular weight excluding hydrogens is 1550 g/mol. The molecule has 0 aliphatic rings. The van der Waals surface area contributed by atoms with E-state index in [-0.39, 0.29) is 277 Å². The quantitative estimate of drug-likeness (QED) is 0.00446. The van der Waals surface area contributed by atoms with E-state index in [1.165, 1.54) is 91.0 Å². The molecule has 31 nitrogen and oxygen atoms in total. The minimum atomic E-state index is -1.34. The van der Waals surface area contributed by atoms with Crippen LogP contribution in [0.5, 0.6) is 69.0 Å². The van der Waals surface area contributed by atoms with Crippen molar-refractivity contribution in [3.8, 4) is 150 Å². The zero-order valence-electron chi connectivity index (χ0n) is 64.0. The number of aliphatic carboxylic acids is 5. The van der Waals surface area contributed by atoms with E-state index >= 15 is 0 Å². The van der Waals surface area contributed by atoms with Crippen molar-refractivity contribution >= 4 is 47.9 Å². The first kappa shape index (κ1) is 104. The van der Waals surface area contributed by atoms with Crippen LogP contribution < -0.4 is 127 Å². The van der Waals surface area contributed by atoms with Gasteiger partial charge < -0.3 is 96.9 Å². The van der Waals surface area contributed by atoms with Crippen molar-refractivity contribution in [1.29, 1.82) is 0 Å². The van der Waals surface area contributed by atoms with Crippen molar-refractivity contribution in [2.75, 3.05) is 7.15 Å². The number of alkyl halides is 2. The second kappa shape index (κ2) is 56.1. The van der Waals surface area contributed by atoms with E-state index in [0.717, 1.165) is 50.3 Å². The molecule has 2 heterocycles. The van der Waals surface area contributed by atoms with Crippen molar-refractivity contribution in [1.82, 2.24) is 29.9 Å². The number of carboxylic acid groups (broad SMARTS) is 5. The molecule has 0 bridgehead atoms. The zero-order chi connectivity index (χ0) is 82.2. The first-order valence-electron chi connectivity index (χ1n) is 34.5. The number of terminal acetylenes is 1. The molecule has 113 heavy (non-hydrogen) atoms. The van der Waals surface area contributed by atoms with Crippen LogP contribution in [-0.4, -0.2) is 170 Å². The fraction of sp³-hybridized carbons (Fsp3) is 0.359. The molecule has 0 spiro atoms. The minimum Gasteiger partial charge on any atom is -1.00 e. The van der Waals surface area contributed by atoms with Gasteiger partial charge in [-0.05, 0) is 131 Å². The number of ether oxygens (including phenoxy) is 4. The molecule has 0 aliphatic heterocycles. The largest absolute Gasteiger partial charge is 1.00 e. The number of phenols is 8. The Kier molecular flexibility index (Phi) is 51.5. The number of rotatable bonds is 35. The van der Waals surface area contributed by atoms with Crippen molar-refractivity contribution in [2.45, 2.75) is 176 Å². The van der Waals surface area contributed by atoms with E-state index in [9.17, 15) is 89.6 Å². The average Bonchev–Trinajstić information content (AvgIpc) is 0.791. The van der Waals surface area contributed by atoms with Crippen molar-refractivity contribution < 1.29 is 234 Å². The van der Waals surface area contributed by atoms with Crippen LogP contribution in [0, 0.1) is 12.8 Å². The Morgan fingerprint density at radius 2 is 0.646 bits per heavy atom. The van der Waals surface area contributed by atoms with Crippen LogP contribution in [-0.2, 0) is 33.7 Å². The Morgan fingerprint density at radius 3 is 0.876 bits per heavy atom. The number of carboxylic acids is 5. The summed E-state index contributed by atoms with van der Waals surface area (Å²) in [7, 11) is -1.00. The number of unbranched alkanes of at least 4 members (excludes halogenated alkanes) is 5. The fourth-order valence-corrected chi connectivity index (χ4v) is 9.80. The molecule has 604 valence electrons. The maximum Gasteiger partial charge on any atom is 1.00 e. The predicted molar refractivity (Wildman–Crippen MR) is 407 cm³/mol. The fourth-order valence-electron chi connectivity index (χ4n) is 9.65. The molecule has 0 amide bonds. The number of hydrogen-bond acceptors (Lipinski definition) is 26. The number of aromatic nitrogens is 6. The van der Waals surface area contributed by atoms with Gasteiger partial charge in [0.05, 0.1) is 41.9 Å². The van der Waals surface area contributed by atoms with Gasteiger partial charge in [0, 0.05) is 36.4 Å². The van der Waals surface area contributed by atoms with Gasteiger partial charge in [-0.25, -0.2) is 49.1 Å². The molecule has 5 atom stereocenters. The van der Waals surface area contributed by atoms with Crippen LogP contribution in [0.3, 0.4) is 0 Å². The van der Waals surface area contributed by atoms with Crippen LogP contribution in [0.15, 0.2) is 109 Å². The molecule has 0 saturated heterocycles. The van der Waals surface area contributed by atoms with Gasteiger partial charge >= 0.3 is 133 Å². The van der Waals surface area contributed by atoms with Crippen LogP contribution in [0.4, 0.5) is 4.39 Å². The maximum atomic E-state index is 12.4. The van der Waals surface area contributed by atoms with Crippen LogP contribution in [0.1, 0.15) is 149 Å². The molecule has 0 radical (unpaired) electrons. The number of benzene rings is 6. The van der Waals surface area contributed by atoms with Gasteiger partial charge in [-0.3, -0.25) is 14.0 Å². The predicted octanol–water partition coefficient (Wildman–Crippen LogP) is 8.01. The normalized spacial score (nSPS) is 11.4. The molecule has 6 aromatic carbocycles. The van der Waals surface area contributed by atoms with Crippen LogP contribution in [0.2, 0.25) is 0 Å². The molecule has 13 N–H and O–H groups in total. The number of carbonyl (C=O) groups is 6. The molecule has 2 aromatic heterocycles. The minimum absolute atomic E-state index is 0. The van der Waals surface area contributed by atoms with Crippen molar-refractivity contribution in [3.63, 3.8) is 0 Å². The molecule has 0 aliphatic carbocycles. The molecule has 35 heteroatoms. The molecule has 8 rings (SSSR count). The monoisotopic (exact) mass is 1650 g/mol. The number of halogens is 2. The van der Waals surface area contributed by atoms with Crippen molar-refractivity contribution in [3.05, 3.63) is 109 Å². The zero-order valence-corrected chi connectivity index (χ0v) is 69.0. The third kappa shape index (κ3) is 34.6. The van der Waals surface area contributed by atoms with Crippen molar-refractivity contribution in [2.24, 2.45) is 0 Å². The summed E-state index contributed by atoms with van der Waals surface area (Å²) in [5.41, 5.74) is 0.718. The summed E-state index contributed by atoms with van der Waals surface area (Å²) in [5.74, 6) is -8.08. The topological polar surface area (TPSA) is 512 Å². The average molecular weight is 1650 g/mol. The molecule has 5 unspecified atom stereocenters. The summed E-state index contributed by atoms with van der Waals surface area (Å²) in [4.78, 5) is 96.3. The number of carbonyl (C=O) groups excluding carboxylic acids is 1. The summed E-state index contributed by atoms with van der Waals surface area (Å²) in [6.07, 6.45) is 11.6. The van der Waals surface area contributed by atoms with E-state index in [4.69, 9.17) is 47.1 Å². The smallest absolute Gasteiger partial charge is 1.00 e. The molecule has 0 saturated carbocycles. The first-order chi connectivity index (χ1) is 52.5. The molecular formula is C78H96ClFK2N6O25. The second-order valence-electron chi connectivity index (χ2n) is 23.2. The number of phenolic OH excluding ortho intramolecular Hbond substituents is 8. The Hall–Kier alpha value is -9.23. The van der Waals surface area contributed by atoms with Crippen LogP contribution >= 0.6 is 11.6 Å². The van der Waals surface area contributed by atoms with E-state index in [2.05, 4.69) is 47.6 Å². The first-order valence-corrected chi connectivity index (χ1v) is 34.2. The second-order valence-corrected chi connectivity index (χ2v) is 23.7. The van der Waals surface area contributed by atoms with E-state index < -0.39 is 78.3 Å². The van der Waals surface area contributed by atoms with Gasteiger partial charge in [-0.2, -0.15) is 0 Å². The Labute approximate surface area is 746 Å². The standard InChI is InChI=1S/C45H55N3O14.C21H15N3O6.C6H11ClO2.C2H2.CH3F.CH2O3.2CH4.2K.H/c1-5-9-13-34(42(51)52)59-26-17-20-29(32(49)23-26)39-46-40(30-21-18-27(24-33(30)50)60-35(43(53)54)14-10-6-2)48-41(47-39)31-22-19-28(61-36(44(55)56)15-11-7-3)25-38(31)62-37(45(57)58)16-12-8-4;25-10-1-4-13(16(28)7-10)19-22-20(14-5-2-11(26)8-17(14)29)24-21(23-19)15-6-3-12(27)9-18(15)30;1-2-3-4-5(7)6(8)9;2*1-2;2-1-4-3;;;;;/h17-25,34-37,49-50H,5-16H2,1-4H3,(H,51,52)(H,53,54)(H,55,56)(H,57,58);1-9,25-30H;5H,2-4H2,1H3,(H,8,9);1-2H;1H3;1,3H;2*1H4;;;/q;;;;;;;;2*+1;-1/p-1/i;;;;1D;;;;;;. The van der Waals surface area contributed by atoms with Gasteiger partial charge in [0.2, 0.25) is 0 Å². The van der Waals surface area contributed by atoms with E-state index in [1.54, 1.807) is 0 Å². The maximum absolute atomic E-state index is 12.4. The Balaban J connectivity index is -0.00000195. The summed E-state index contributed by atoms with van der Waals surface area (Å²) in [6.45, 7) is 9.46. The Bertz CT molecular complexity index is 4090. The molecule has 0 fully saturated rings. The summed E-state index contributed by atoms with van der Waals surface area (Å²) >= 11 is 5.39. The van der Waals surface area contributed by atoms with Gasteiger partial charge in [-0.1, -0.05) is 88.0 Å². The van der Waals surface area contributed by atoms with Crippen LogP contribution in [0.25, 0.3) is 68.3 Å². The summed E-state index contributed by atoms with van der Waals surface area (Å²) in [5, 5.41) is 137. The third-order valence-electron chi connectivity index (χ3n) is 15.2.